The topological polar surface area (TPSA) is 69.6 Å². The zero-order chi connectivity index (χ0) is 16.1. The first-order valence-corrected chi connectivity index (χ1v) is 8.32. The molecular formula is C18H17N5O. The van der Waals surface area contributed by atoms with E-state index in [1.54, 1.807) is 0 Å². The first-order chi connectivity index (χ1) is 11.8. The number of nitrogens with zero attached hydrogens (tertiary/aromatic N) is 5. The summed E-state index contributed by atoms with van der Waals surface area (Å²) in [6.07, 6.45) is 7.67. The largest absolute Gasteiger partial charge is 0.334 e. The number of benzene rings is 1. The molecule has 0 N–H and O–H groups in total. The van der Waals surface area contributed by atoms with Gasteiger partial charge in [-0.2, -0.15) is 4.98 Å². The van der Waals surface area contributed by atoms with E-state index in [0.717, 1.165) is 41.1 Å². The average Bonchev–Trinajstić information content (AvgIpc) is 2.99. The molecule has 3 aromatic rings. The van der Waals surface area contributed by atoms with Crippen molar-refractivity contribution in [3.63, 3.8) is 0 Å². The average molecular weight is 319 g/mol. The molecular weight excluding hydrogens is 302 g/mol. The summed E-state index contributed by atoms with van der Waals surface area (Å²) in [6, 6.07) is 6.01. The molecule has 2 aliphatic rings. The number of allylic oxidation sites excluding steroid dienone is 4. The highest BCUT2D eigenvalue weighted by Gasteiger charge is 2.23. The Balaban J connectivity index is 1.48. The molecule has 1 aromatic carbocycles. The molecule has 0 aliphatic heterocycles. The van der Waals surface area contributed by atoms with Crippen LogP contribution in [-0.2, 0) is 6.54 Å². The lowest BCUT2D eigenvalue weighted by atomic mass is 10.1. The Kier molecular flexibility index (Phi) is 2.92. The van der Waals surface area contributed by atoms with E-state index in [0.29, 0.717) is 11.7 Å². The standard InChI is InChI=1S/C18H17N5O/c1-11-3-2-4-14(11)17-19-18(24-21-17)13-7-8-16-15(9-13)20-22-23(16)10-12-5-6-12/h2-3,7-9,12H,4-6,10H2,1H3. The molecule has 0 amide bonds. The van der Waals surface area contributed by atoms with Crippen LogP contribution in [0.1, 0.15) is 32.0 Å². The van der Waals surface area contributed by atoms with Gasteiger partial charge in [0.05, 0.1) is 5.52 Å². The third-order valence-electron chi connectivity index (χ3n) is 4.75. The lowest BCUT2D eigenvalue weighted by molar-refractivity contribution is 0.428. The van der Waals surface area contributed by atoms with Crippen molar-refractivity contribution in [2.45, 2.75) is 32.7 Å². The molecule has 0 atom stereocenters. The minimum Gasteiger partial charge on any atom is -0.334 e. The van der Waals surface area contributed by atoms with Gasteiger partial charge in [0.2, 0.25) is 0 Å². The number of aromatic nitrogens is 5. The van der Waals surface area contributed by atoms with E-state index in [1.807, 2.05) is 22.9 Å². The Hall–Kier alpha value is -2.76. The van der Waals surface area contributed by atoms with E-state index in [1.165, 1.54) is 18.4 Å². The van der Waals surface area contributed by atoms with Crippen LogP contribution >= 0.6 is 0 Å². The van der Waals surface area contributed by atoms with Crippen molar-refractivity contribution in [1.82, 2.24) is 25.1 Å². The maximum absolute atomic E-state index is 5.46. The smallest absolute Gasteiger partial charge is 0.258 e. The van der Waals surface area contributed by atoms with E-state index in [2.05, 4.69) is 39.5 Å². The zero-order valence-corrected chi connectivity index (χ0v) is 13.4. The number of fused-ring (bicyclic) bond motifs is 1. The summed E-state index contributed by atoms with van der Waals surface area (Å²) in [5.74, 6) is 1.96. The van der Waals surface area contributed by atoms with Crippen molar-refractivity contribution >= 4 is 16.6 Å². The maximum atomic E-state index is 5.46. The van der Waals surface area contributed by atoms with Crippen molar-refractivity contribution in [1.29, 1.82) is 0 Å². The monoisotopic (exact) mass is 319 g/mol. The second kappa shape index (κ2) is 5.12. The predicted molar refractivity (Wildman–Crippen MR) is 89.9 cm³/mol. The molecule has 6 heteroatoms. The van der Waals surface area contributed by atoms with Crippen LogP contribution in [0.5, 0.6) is 0 Å². The van der Waals surface area contributed by atoms with Gasteiger partial charge in [0.25, 0.3) is 5.89 Å². The van der Waals surface area contributed by atoms with Crippen LogP contribution in [-0.4, -0.2) is 25.1 Å². The fraction of sp³-hybridized carbons (Fsp3) is 0.333. The quantitative estimate of drug-likeness (QED) is 0.734. The summed E-state index contributed by atoms with van der Waals surface area (Å²) in [6.45, 7) is 3.03. The Bertz CT molecular complexity index is 990. The minimum atomic E-state index is 0.524. The molecule has 5 rings (SSSR count). The Morgan fingerprint density at radius 1 is 1.29 bits per heavy atom. The molecule has 0 saturated heterocycles. The van der Waals surface area contributed by atoms with Crippen molar-refractivity contribution < 1.29 is 4.52 Å². The molecule has 120 valence electrons. The molecule has 2 heterocycles. The van der Waals surface area contributed by atoms with Crippen LogP contribution in [0.2, 0.25) is 0 Å². The van der Waals surface area contributed by atoms with E-state index in [4.69, 9.17) is 4.52 Å². The molecule has 0 spiro atoms. The van der Waals surface area contributed by atoms with Crippen LogP contribution < -0.4 is 0 Å². The van der Waals surface area contributed by atoms with Crippen LogP contribution in [0.25, 0.3) is 28.1 Å². The van der Waals surface area contributed by atoms with E-state index >= 15 is 0 Å². The van der Waals surface area contributed by atoms with Gasteiger partial charge in [0, 0.05) is 17.7 Å². The summed E-state index contributed by atoms with van der Waals surface area (Å²) >= 11 is 0. The highest BCUT2D eigenvalue weighted by atomic mass is 16.5. The van der Waals surface area contributed by atoms with Crippen LogP contribution in [0.15, 0.2) is 40.4 Å². The zero-order valence-electron chi connectivity index (χ0n) is 13.4. The van der Waals surface area contributed by atoms with Crippen LogP contribution in [0.3, 0.4) is 0 Å². The number of hydrogen-bond donors (Lipinski definition) is 0. The summed E-state index contributed by atoms with van der Waals surface area (Å²) in [4.78, 5) is 4.55. The Labute approximate surface area is 138 Å². The molecule has 0 bridgehead atoms. The lowest BCUT2D eigenvalue weighted by Gasteiger charge is -2.00. The highest BCUT2D eigenvalue weighted by Crippen LogP contribution is 2.32. The SMILES string of the molecule is CC1=C(c2noc(-c3ccc4c(c3)nnn4CC3CC3)n2)CC=C1. The predicted octanol–water partition coefficient (Wildman–Crippen LogP) is 3.62. The first-order valence-electron chi connectivity index (χ1n) is 8.32. The van der Waals surface area contributed by atoms with E-state index in [9.17, 15) is 0 Å². The van der Waals surface area contributed by atoms with Gasteiger partial charge in [-0.15, -0.1) is 5.10 Å². The fourth-order valence-corrected chi connectivity index (χ4v) is 3.13. The molecule has 0 unspecified atom stereocenters. The second-order valence-corrected chi connectivity index (χ2v) is 6.61. The van der Waals surface area contributed by atoms with Crippen molar-refractivity contribution in [3.05, 3.63) is 41.7 Å². The molecule has 0 radical (unpaired) electrons. The Morgan fingerprint density at radius 3 is 3.00 bits per heavy atom. The fourth-order valence-electron chi connectivity index (χ4n) is 3.13. The summed E-state index contributed by atoms with van der Waals surface area (Å²) in [5.41, 5.74) is 5.13. The molecule has 2 aromatic heterocycles. The van der Waals surface area contributed by atoms with E-state index < -0.39 is 0 Å². The van der Waals surface area contributed by atoms with Crippen LogP contribution in [0.4, 0.5) is 0 Å². The lowest BCUT2D eigenvalue weighted by Crippen LogP contribution is -2.01. The molecule has 1 saturated carbocycles. The first kappa shape index (κ1) is 13.7. The highest BCUT2D eigenvalue weighted by molar-refractivity contribution is 5.80. The van der Waals surface area contributed by atoms with E-state index in [-0.39, 0.29) is 0 Å². The van der Waals surface area contributed by atoms with Gasteiger partial charge in [0.1, 0.15) is 5.52 Å². The van der Waals surface area contributed by atoms with Gasteiger partial charge in [-0.3, -0.25) is 0 Å². The van der Waals surface area contributed by atoms with Crippen molar-refractivity contribution in [3.8, 4) is 11.5 Å². The van der Waals surface area contributed by atoms with Gasteiger partial charge in [-0.1, -0.05) is 22.5 Å². The molecule has 6 nitrogen and oxygen atoms in total. The number of rotatable bonds is 4. The van der Waals surface area contributed by atoms with Crippen molar-refractivity contribution in [2.75, 3.05) is 0 Å². The van der Waals surface area contributed by atoms with Gasteiger partial charge in [-0.25, -0.2) is 4.68 Å². The normalized spacial score (nSPS) is 17.4. The van der Waals surface area contributed by atoms with Crippen molar-refractivity contribution in [2.24, 2.45) is 5.92 Å². The van der Waals surface area contributed by atoms with Gasteiger partial charge in [0.15, 0.2) is 5.82 Å². The summed E-state index contributed by atoms with van der Waals surface area (Å²) in [7, 11) is 0. The second-order valence-electron chi connectivity index (χ2n) is 6.61. The minimum absolute atomic E-state index is 0.524. The third kappa shape index (κ3) is 2.26. The summed E-state index contributed by atoms with van der Waals surface area (Å²) < 4.78 is 7.46. The van der Waals surface area contributed by atoms with Gasteiger partial charge >= 0.3 is 0 Å². The van der Waals surface area contributed by atoms with Crippen LogP contribution in [0, 0.1) is 5.92 Å². The van der Waals surface area contributed by atoms with Gasteiger partial charge < -0.3 is 4.52 Å². The Morgan fingerprint density at radius 2 is 2.21 bits per heavy atom. The molecule has 2 aliphatic carbocycles. The molecule has 1 fully saturated rings. The third-order valence-corrected chi connectivity index (χ3v) is 4.75. The van der Waals surface area contributed by atoms with Gasteiger partial charge in [-0.05, 0) is 55.9 Å². The summed E-state index contributed by atoms with van der Waals surface area (Å²) in [5, 5.41) is 12.7. The number of hydrogen-bond acceptors (Lipinski definition) is 5. The maximum Gasteiger partial charge on any atom is 0.258 e. The molecule has 24 heavy (non-hydrogen) atoms.